The second kappa shape index (κ2) is 6.22. The maximum Gasteiger partial charge on any atom is 0.262 e. The number of amides is 1. The lowest BCUT2D eigenvalue weighted by molar-refractivity contribution is -0.118. The van der Waals surface area contributed by atoms with Gasteiger partial charge in [-0.2, -0.15) is 5.10 Å². The molecular formula is C17H15N3O2. The quantitative estimate of drug-likeness (QED) is 0.803. The van der Waals surface area contributed by atoms with Crippen molar-refractivity contribution in [1.29, 1.82) is 0 Å². The van der Waals surface area contributed by atoms with Gasteiger partial charge in [0.05, 0.1) is 6.20 Å². The van der Waals surface area contributed by atoms with Gasteiger partial charge in [-0.15, -0.1) is 5.10 Å². The molecule has 1 heterocycles. The largest absolute Gasteiger partial charge is 0.466 e. The molecular weight excluding hydrogens is 278 g/mol. The standard InChI is InChI=1S/C17H15N3O2/c1-12-6-8-14(9-7-12)19-16(21)11-22-17-15-5-3-2-4-13(15)10-18-20-17/h2-10H,11H2,1H3,(H,19,21). The van der Waals surface area contributed by atoms with Gasteiger partial charge in [-0.1, -0.05) is 35.9 Å². The highest BCUT2D eigenvalue weighted by Crippen LogP contribution is 2.21. The monoisotopic (exact) mass is 293 g/mol. The van der Waals surface area contributed by atoms with E-state index < -0.39 is 0 Å². The molecule has 3 rings (SSSR count). The number of anilines is 1. The van der Waals surface area contributed by atoms with Crippen LogP contribution >= 0.6 is 0 Å². The first-order valence-corrected chi connectivity index (χ1v) is 6.92. The number of hydrogen-bond donors (Lipinski definition) is 1. The Bertz CT molecular complexity index is 795. The fourth-order valence-electron chi connectivity index (χ4n) is 2.08. The van der Waals surface area contributed by atoms with Gasteiger partial charge < -0.3 is 10.1 Å². The zero-order valence-electron chi connectivity index (χ0n) is 12.1. The fourth-order valence-corrected chi connectivity index (χ4v) is 2.08. The first-order chi connectivity index (χ1) is 10.7. The highest BCUT2D eigenvalue weighted by molar-refractivity contribution is 5.92. The van der Waals surface area contributed by atoms with Gasteiger partial charge in [-0.3, -0.25) is 4.79 Å². The second-order valence-corrected chi connectivity index (χ2v) is 4.94. The molecule has 0 unspecified atom stereocenters. The third-order valence-corrected chi connectivity index (χ3v) is 3.21. The van der Waals surface area contributed by atoms with Crippen LogP contribution in [0, 0.1) is 6.92 Å². The van der Waals surface area contributed by atoms with Gasteiger partial charge in [-0.05, 0) is 25.1 Å². The third-order valence-electron chi connectivity index (χ3n) is 3.21. The number of ether oxygens (including phenoxy) is 1. The molecule has 1 N–H and O–H groups in total. The summed E-state index contributed by atoms with van der Waals surface area (Å²) in [5.74, 6) is 0.121. The third kappa shape index (κ3) is 3.20. The SMILES string of the molecule is Cc1ccc(NC(=O)COc2nncc3ccccc23)cc1. The van der Waals surface area contributed by atoms with Crippen LogP contribution in [0.1, 0.15) is 5.56 Å². The maximum atomic E-state index is 11.9. The molecule has 0 aliphatic rings. The number of carbonyl (C=O) groups is 1. The summed E-state index contributed by atoms with van der Waals surface area (Å²) in [5, 5.41) is 12.4. The van der Waals surface area contributed by atoms with Gasteiger partial charge in [-0.25, -0.2) is 0 Å². The Morgan fingerprint density at radius 2 is 1.91 bits per heavy atom. The minimum absolute atomic E-state index is 0.115. The van der Waals surface area contributed by atoms with Gasteiger partial charge in [0.2, 0.25) is 5.88 Å². The number of nitrogens with zero attached hydrogens (tertiary/aromatic N) is 2. The van der Waals surface area contributed by atoms with E-state index in [-0.39, 0.29) is 12.5 Å². The molecule has 0 fully saturated rings. The zero-order chi connectivity index (χ0) is 15.4. The number of fused-ring (bicyclic) bond motifs is 1. The first kappa shape index (κ1) is 14.0. The topological polar surface area (TPSA) is 64.1 Å². The molecule has 2 aromatic carbocycles. The van der Waals surface area contributed by atoms with Crippen molar-refractivity contribution < 1.29 is 9.53 Å². The van der Waals surface area contributed by atoms with Gasteiger partial charge in [0.15, 0.2) is 6.61 Å². The smallest absolute Gasteiger partial charge is 0.262 e. The van der Waals surface area contributed by atoms with Crippen molar-refractivity contribution >= 4 is 22.4 Å². The molecule has 0 aliphatic carbocycles. The van der Waals surface area contributed by atoms with Gasteiger partial charge in [0, 0.05) is 16.5 Å². The summed E-state index contributed by atoms with van der Waals surface area (Å²) in [7, 11) is 0. The summed E-state index contributed by atoms with van der Waals surface area (Å²) in [6.07, 6.45) is 1.66. The molecule has 0 bridgehead atoms. The summed E-state index contributed by atoms with van der Waals surface area (Å²) in [6, 6.07) is 15.2. The van der Waals surface area contributed by atoms with Crippen LogP contribution in [0.25, 0.3) is 10.8 Å². The predicted octanol–water partition coefficient (Wildman–Crippen LogP) is 2.96. The van der Waals surface area contributed by atoms with E-state index >= 15 is 0 Å². The van der Waals surface area contributed by atoms with Crippen molar-refractivity contribution in [2.75, 3.05) is 11.9 Å². The highest BCUT2D eigenvalue weighted by Gasteiger charge is 2.08. The van der Waals surface area contributed by atoms with Crippen molar-refractivity contribution in [1.82, 2.24) is 10.2 Å². The molecule has 3 aromatic rings. The van der Waals surface area contributed by atoms with Crippen molar-refractivity contribution in [3.05, 3.63) is 60.3 Å². The Kier molecular flexibility index (Phi) is 3.96. The van der Waals surface area contributed by atoms with E-state index in [1.54, 1.807) is 6.20 Å². The summed E-state index contributed by atoms with van der Waals surface area (Å²) >= 11 is 0. The van der Waals surface area contributed by atoms with Crippen LogP contribution in [0.5, 0.6) is 5.88 Å². The lowest BCUT2D eigenvalue weighted by atomic mass is 10.2. The molecule has 0 aliphatic heterocycles. The van der Waals surface area contributed by atoms with Gasteiger partial charge >= 0.3 is 0 Å². The minimum atomic E-state index is -0.237. The normalized spacial score (nSPS) is 10.4. The van der Waals surface area contributed by atoms with Crippen LogP contribution in [-0.2, 0) is 4.79 Å². The molecule has 0 saturated heterocycles. The van der Waals surface area contributed by atoms with Crippen LogP contribution in [-0.4, -0.2) is 22.7 Å². The average molecular weight is 293 g/mol. The lowest BCUT2D eigenvalue weighted by Gasteiger charge is -2.08. The van der Waals surface area contributed by atoms with E-state index in [2.05, 4.69) is 15.5 Å². The molecule has 22 heavy (non-hydrogen) atoms. The van der Waals surface area contributed by atoms with E-state index in [4.69, 9.17) is 4.74 Å². The molecule has 5 heteroatoms. The van der Waals surface area contributed by atoms with Crippen molar-refractivity contribution in [3.8, 4) is 5.88 Å². The van der Waals surface area contributed by atoms with E-state index in [1.165, 1.54) is 0 Å². The predicted molar refractivity (Wildman–Crippen MR) is 84.8 cm³/mol. The summed E-state index contributed by atoms with van der Waals surface area (Å²) in [5.41, 5.74) is 1.88. The maximum absolute atomic E-state index is 11.9. The lowest BCUT2D eigenvalue weighted by Crippen LogP contribution is -2.20. The average Bonchev–Trinajstić information content (AvgIpc) is 2.55. The molecule has 0 atom stereocenters. The number of carbonyl (C=O) groups excluding carboxylic acids is 1. The molecule has 0 radical (unpaired) electrons. The van der Waals surface area contributed by atoms with E-state index in [0.29, 0.717) is 5.88 Å². The number of aryl methyl sites for hydroxylation is 1. The number of nitrogens with one attached hydrogen (secondary N) is 1. The van der Waals surface area contributed by atoms with Gasteiger partial charge in [0.1, 0.15) is 0 Å². The van der Waals surface area contributed by atoms with Crippen molar-refractivity contribution in [3.63, 3.8) is 0 Å². The summed E-state index contributed by atoms with van der Waals surface area (Å²) in [4.78, 5) is 11.9. The number of benzene rings is 2. The summed E-state index contributed by atoms with van der Waals surface area (Å²) in [6.45, 7) is 1.88. The minimum Gasteiger partial charge on any atom is -0.466 e. The molecule has 0 spiro atoms. The van der Waals surface area contributed by atoms with Crippen LogP contribution < -0.4 is 10.1 Å². The van der Waals surface area contributed by atoms with Crippen LogP contribution in [0.4, 0.5) is 5.69 Å². The van der Waals surface area contributed by atoms with Gasteiger partial charge in [0.25, 0.3) is 5.91 Å². The zero-order valence-corrected chi connectivity index (χ0v) is 12.1. The van der Waals surface area contributed by atoms with Crippen LogP contribution in [0.15, 0.2) is 54.7 Å². The Balaban J connectivity index is 1.66. The van der Waals surface area contributed by atoms with Crippen molar-refractivity contribution in [2.24, 2.45) is 0 Å². The molecule has 5 nitrogen and oxygen atoms in total. The van der Waals surface area contributed by atoms with Crippen LogP contribution in [0.2, 0.25) is 0 Å². The fraction of sp³-hybridized carbons (Fsp3) is 0.118. The number of aromatic nitrogens is 2. The number of rotatable bonds is 4. The van der Waals surface area contributed by atoms with E-state index in [0.717, 1.165) is 22.0 Å². The molecule has 0 saturated carbocycles. The molecule has 110 valence electrons. The molecule has 1 amide bonds. The highest BCUT2D eigenvalue weighted by atomic mass is 16.5. The second-order valence-electron chi connectivity index (χ2n) is 4.94. The Morgan fingerprint density at radius 3 is 2.73 bits per heavy atom. The Labute approximate surface area is 127 Å². The Morgan fingerprint density at radius 1 is 1.14 bits per heavy atom. The van der Waals surface area contributed by atoms with Crippen LogP contribution in [0.3, 0.4) is 0 Å². The van der Waals surface area contributed by atoms with E-state index in [1.807, 2.05) is 55.5 Å². The number of hydrogen-bond acceptors (Lipinski definition) is 4. The first-order valence-electron chi connectivity index (χ1n) is 6.92. The molecule has 1 aromatic heterocycles. The Hall–Kier alpha value is -2.95. The van der Waals surface area contributed by atoms with Crippen molar-refractivity contribution in [2.45, 2.75) is 6.92 Å². The summed E-state index contributed by atoms with van der Waals surface area (Å²) < 4.78 is 5.49. The van der Waals surface area contributed by atoms with E-state index in [9.17, 15) is 4.79 Å².